The Bertz CT molecular complexity index is 870. The smallest absolute Gasteiger partial charge is 0.306 e. The van der Waals surface area contributed by atoms with Crippen molar-refractivity contribution in [2.75, 3.05) is 13.2 Å². The van der Waals surface area contributed by atoms with Crippen LogP contribution in [0.3, 0.4) is 0 Å². The number of unbranched alkanes of at least 4 members (excludes halogenated alkanes) is 30. The Morgan fingerprint density at radius 3 is 0.860 bits per heavy atom. The van der Waals surface area contributed by atoms with E-state index in [0.29, 0.717) is 19.3 Å². The lowest BCUT2D eigenvalue weighted by atomic mass is 10.0. The van der Waals surface area contributed by atoms with E-state index in [1.165, 1.54) is 167 Å². The number of carbonyl (C=O) groups excluding carboxylic acids is 3. The molecule has 0 aliphatic rings. The molecule has 0 aromatic carbocycles. The average Bonchev–Trinajstić information content (AvgIpc) is 3.18. The van der Waals surface area contributed by atoms with Crippen LogP contribution in [0.25, 0.3) is 0 Å². The van der Waals surface area contributed by atoms with Gasteiger partial charge in [0.25, 0.3) is 0 Å². The summed E-state index contributed by atoms with van der Waals surface area (Å²) >= 11 is 0. The van der Waals surface area contributed by atoms with Crippen molar-refractivity contribution in [2.45, 2.75) is 285 Å². The molecule has 0 saturated carbocycles. The summed E-state index contributed by atoms with van der Waals surface area (Å²) in [5.74, 6) is 0.756. The first-order valence-electron chi connectivity index (χ1n) is 25.2. The number of hydrogen-bond donors (Lipinski definition) is 0. The van der Waals surface area contributed by atoms with E-state index < -0.39 is 6.10 Å². The van der Waals surface area contributed by atoms with E-state index in [2.05, 4.69) is 34.6 Å². The number of esters is 3. The normalized spacial score (nSPS) is 12.1. The van der Waals surface area contributed by atoms with Crippen molar-refractivity contribution in [3.8, 4) is 0 Å². The highest BCUT2D eigenvalue weighted by Gasteiger charge is 2.19. The van der Waals surface area contributed by atoms with Gasteiger partial charge in [0.05, 0.1) is 0 Å². The minimum Gasteiger partial charge on any atom is -0.462 e. The Labute approximate surface area is 355 Å². The van der Waals surface area contributed by atoms with Crippen LogP contribution in [0, 0.1) is 11.8 Å². The Kier molecular flexibility index (Phi) is 42.7. The second-order valence-corrected chi connectivity index (χ2v) is 18.4. The minimum absolute atomic E-state index is 0.0645. The van der Waals surface area contributed by atoms with Crippen LogP contribution >= 0.6 is 0 Å². The summed E-state index contributed by atoms with van der Waals surface area (Å²) < 4.78 is 16.8. The molecule has 57 heavy (non-hydrogen) atoms. The summed E-state index contributed by atoms with van der Waals surface area (Å²) in [7, 11) is 0. The molecule has 0 aromatic rings. The van der Waals surface area contributed by atoms with Gasteiger partial charge in [-0.15, -0.1) is 0 Å². The van der Waals surface area contributed by atoms with Gasteiger partial charge in [-0.25, -0.2) is 0 Å². The van der Waals surface area contributed by atoms with E-state index in [1.807, 2.05) is 0 Å². The maximum Gasteiger partial charge on any atom is 0.306 e. The quantitative estimate of drug-likeness (QED) is 0.0346. The van der Waals surface area contributed by atoms with Gasteiger partial charge in [-0.3, -0.25) is 14.4 Å². The fourth-order valence-corrected chi connectivity index (χ4v) is 7.64. The van der Waals surface area contributed by atoms with Gasteiger partial charge in [0.1, 0.15) is 13.2 Å². The van der Waals surface area contributed by atoms with Crippen molar-refractivity contribution in [2.24, 2.45) is 11.8 Å². The summed E-state index contributed by atoms with van der Waals surface area (Å²) in [4.78, 5) is 37.9. The molecule has 0 rings (SSSR count). The molecule has 0 saturated heterocycles. The molecule has 0 heterocycles. The average molecular weight is 807 g/mol. The van der Waals surface area contributed by atoms with Crippen LogP contribution in [0.1, 0.15) is 279 Å². The maximum atomic E-state index is 12.8. The summed E-state index contributed by atoms with van der Waals surface area (Å²) in [6, 6.07) is 0. The summed E-state index contributed by atoms with van der Waals surface area (Å²) in [6.07, 6.45) is 43.8. The van der Waals surface area contributed by atoms with Crippen LogP contribution in [-0.4, -0.2) is 37.2 Å². The van der Waals surface area contributed by atoms with Crippen molar-refractivity contribution >= 4 is 17.9 Å². The predicted octanol–water partition coefficient (Wildman–Crippen LogP) is 16.1. The Balaban J connectivity index is 4.30. The number of carbonyl (C=O) groups is 3. The van der Waals surface area contributed by atoms with Crippen molar-refractivity contribution in [1.82, 2.24) is 0 Å². The molecule has 6 heteroatoms. The van der Waals surface area contributed by atoms with Gasteiger partial charge < -0.3 is 14.2 Å². The lowest BCUT2D eigenvalue weighted by Crippen LogP contribution is -2.30. The second-order valence-electron chi connectivity index (χ2n) is 18.4. The monoisotopic (exact) mass is 807 g/mol. The lowest BCUT2D eigenvalue weighted by molar-refractivity contribution is -0.167. The largest absolute Gasteiger partial charge is 0.462 e. The van der Waals surface area contributed by atoms with Gasteiger partial charge in [-0.05, 0) is 31.1 Å². The molecule has 1 atom stereocenters. The molecule has 0 bridgehead atoms. The molecule has 0 amide bonds. The third kappa shape index (κ3) is 45.3. The summed E-state index contributed by atoms with van der Waals surface area (Å²) in [5.41, 5.74) is 0. The van der Waals surface area contributed by atoms with Gasteiger partial charge >= 0.3 is 17.9 Å². The molecule has 0 spiro atoms. The molecule has 0 aliphatic heterocycles. The minimum atomic E-state index is -0.761. The predicted molar refractivity (Wildman–Crippen MR) is 243 cm³/mol. The fourth-order valence-electron chi connectivity index (χ4n) is 7.64. The number of hydrogen-bond acceptors (Lipinski definition) is 6. The molecular weight excluding hydrogens is 709 g/mol. The molecule has 0 aromatic heterocycles. The van der Waals surface area contributed by atoms with E-state index in [9.17, 15) is 14.4 Å². The van der Waals surface area contributed by atoms with Gasteiger partial charge in [-0.2, -0.15) is 0 Å². The van der Waals surface area contributed by atoms with Crippen LogP contribution in [0.2, 0.25) is 0 Å². The second kappa shape index (κ2) is 44.0. The summed E-state index contributed by atoms with van der Waals surface area (Å²) in [5, 5.41) is 0. The van der Waals surface area contributed by atoms with E-state index in [4.69, 9.17) is 14.2 Å². The third-order valence-corrected chi connectivity index (χ3v) is 11.5. The van der Waals surface area contributed by atoms with Crippen molar-refractivity contribution in [3.05, 3.63) is 0 Å². The van der Waals surface area contributed by atoms with Gasteiger partial charge in [0, 0.05) is 19.3 Å². The first kappa shape index (κ1) is 55.4. The molecule has 0 fully saturated rings. The topological polar surface area (TPSA) is 78.9 Å². The first-order valence-corrected chi connectivity index (χ1v) is 25.2. The van der Waals surface area contributed by atoms with Gasteiger partial charge in [0.2, 0.25) is 0 Å². The lowest BCUT2D eigenvalue weighted by Gasteiger charge is -2.18. The van der Waals surface area contributed by atoms with E-state index in [1.54, 1.807) is 0 Å². The molecular formula is C51H98O6. The fraction of sp³-hybridized carbons (Fsp3) is 0.941. The molecule has 0 radical (unpaired) electrons. The summed E-state index contributed by atoms with van der Waals surface area (Å²) in [6.45, 7) is 11.3. The first-order chi connectivity index (χ1) is 27.7. The molecule has 0 unspecified atom stereocenters. The molecule has 0 aliphatic carbocycles. The van der Waals surface area contributed by atoms with Crippen molar-refractivity contribution in [1.29, 1.82) is 0 Å². The van der Waals surface area contributed by atoms with Crippen LogP contribution in [0.4, 0.5) is 0 Å². The van der Waals surface area contributed by atoms with Crippen molar-refractivity contribution < 1.29 is 28.6 Å². The van der Waals surface area contributed by atoms with E-state index in [0.717, 1.165) is 69.6 Å². The van der Waals surface area contributed by atoms with Gasteiger partial charge in [-0.1, -0.05) is 240 Å². The Morgan fingerprint density at radius 2 is 0.579 bits per heavy atom. The zero-order chi connectivity index (χ0) is 41.9. The van der Waals surface area contributed by atoms with Crippen LogP contribution < -0.4 is 0 Å². The number of ether oxygens (including phenoxy) is 3. The van der Waals surface area contributed by atoms with Crippen LogP contribution in [0.15, 0.2) is 0 Å². The molecule has 338 valence electrons. The van der Waals surface area contributed by atoms with E-state index in [-0.39, 0.29) is 31.1 Å². The SMILES string of the molecule is CCCCCCCCCCCCCCCCCC(=O)O[C@H](COC(=O)CCCCCCCCCCCCCC(C)C)COC(=O)CCCCCCCCCC(C)C. The van der Waals surface area contributed by atoms with Crippen LogP contribution in [0.5, 0.6) is 0 Å². The molecule has 6 nitrogen and oxygen atoms in total. The molecule has 0 N–H and O–H groups in total. The van der Waals surface area contributed by atoms with Crippen LogP contribution in [-0.2, 0) is 28.6 Å². The van der Waals surface area contributed by atoms with E-state index >= 15 is 0 Å². The van der Waals surface area contributed by atoms with Gasteiger partial charge in [0.15, 0.2) is 6.10 Å². The highest BCUT2D eigenvalue weighted by molar-refractivity contribution is 5.71. The third-order valence-electron chi connectivity index (χ3n) is 11.5. The standard InChI is InChI=1S/C51H98O6/c1-6-7-8-9-10-11-12-13-14-15-18-22-27-33-38-43-51(54)57-48(45-56-50(53)42-37-32-28-23-25-30-35-40-47(4)5)44-55-49(52)41-36-31-26-21-19-16-17-20-24-29-34-39-46(2)3/h46-48H,6-45H2,1-5H3/t48-/m1/s1. The Hall–Kier alpha value is -1.59. The highest BCUT2D eigenvalue weighted by atomic mass is 16.6. The Morgan fingerprint density at radius 1 is 0.333 bits per heavy atom. The number of rotatable bonds is 45. The van der Waals surface area contributed by atoms with Crippen molar-refractivity contribution in [3.63, 3.8) is 0 Å². The highest BCUT2D eigenvalue weighted by Crippen LogP contribution is 2.17. The zero-order valence-electron chi connectivity index (χ0n) is 39.0. The zero-order valence-corrected chi connectivity index (χ0v) is 39.0. The maximum absolute atomic E-state index is 12.8.